The zero-order valence-electron chi connectivity index (χ0n) is 22.7. The second kappa shape index (κ2) is 11.8. The first-order valence-corrected chi connectivity index (χ1v) is 13.2. The summed E-state index contributed by atoms with van der Waals surface area (Å²) in [4.78, 5) is 18.5. The van der Waals surface area contributed by atoms with Crippen LogP contribution in [0, 0.1) is 11.8 Å². The molecular formula is C29H33N9O. The van der Waals surface area contributed by atoms with Gasteiger partial charge in [0.2, 0.25) is 17.8 Å². The van der Waals surface area contributed by atoms with E-state index in [0.717, 1.165) is 35.7 Å². The molecule has 0 fully saturated rings. The number of nitrogens with zero attached hydrogens (tertiary/aromatic N) is 7. The summed E-state index contributed by atoms with van der Waals surface area (Å²) in [6, 6.07) is 20.0. The number of nitrogens with one attached hydrogen (secondary N) is 2. The van der Waals surface area contributed by atoms with Crippen molar-refractivity contribution in [3.8, 4) is 34.1 Å². The summed E-state index contributed by atoms with van der Waals surface area (Å²) in [5.41, 5.74) is 3.27. The summed E-state index contributed by atoms with van der Waals surface area (Å²) in [6.07, 6.45) is 1.79. The average Bonchev–Trinajstić information content (AvgIpc) is 3.59. The third-order valence-corrected chi connectivity index (χ3v) is 5.79. The van der Waals surface area contributed by atoms with Gasteiger partial charge in [0, 0.05) is 24.2 Å². The summed E-state index contributed by atoms with van der Waals surface area (Å²) in [6.45, 7) is 10.3. The lowest BCUT2D eigenvalue weighted by molar-refractivity contribution is 0.469. The van der Waals surface area contributed by atoms with E-state index in [0.29, 0.717) is 47.7 Å². The van der Waals surface area contributed by atoms with Crippen LogP contribution in [-0.4, -0.2) is 48.0 Å². The number of anilines is 2. The van der Waals surface area contributed by atoms with E-state index in [1.807, 2.05) is 60.7 Å². The van der Waals surface area contributed by atoms with Gasteiger partial charge >= 0.3 is 0 Å². The van der Waals surface area contributed by atoms with Gasteiger partial charge in [-0.15, -0.1) is 5.10 Å². The first-order chi connectivity index (χ1) is 18.9. The fourth-order valence-corrected chi connectivity index (χ4v) is 3.87. The van der Waals surface area contributed by atoms with E-state index in [1.54, 1.807) is 10.9 Å². The van der Waals surface area contributed by atoms with Crippen LogP contribution in [0.15, 0.2) is 71.3 Å². The molecule has 0 saturated heterocycles. The van der Waals surface area contributed by atoms with Crippen LogP contribution in [0.4, 0.5) is 11.9 Å². The fourth-order valence-electron chi connectivity index (χ4n) is 3.87. The number of rotatable bonds is 11. The lowest BCUT2D eigenvalue weighted by atomic mass is 10.1. The Labute approximate surface area is 228 Å². The van der Waals surface area contributed by atoms with Gasteiger partial charge in [-0.25, -0.2) is 9.67 Å². The Hall–Kier alpha value is -4.60. The van der Waals surface area contributed by atoms with E-state index in [2.05, 4.69) is 63.6 Å². The van der Waals surface area contributed by atoms with Gasteiger partial charge in [0.15, 0.2) is 17.3 Å². The van der Waals surface area contributed by atoms with Gasteiger partial charge in [-0.3, -0.25) is 0 Å². The predicted octanol–water partition coefficient (Wildman–Crippen LogP) is 5.64. The Balaban J connectivity index is 1.42. The van der Waals surface area contributed by atoms with Crippen LogP contribution >= 0.6 is 0 Å². The van der Waals surface area contributed by atoms with Crippen molar-refractivity contribution in [2.75, 3.05) is 23.7 Å². The summed E-state index contributed by atoms with van der Waals surface area (Å²) in [7, 11) is 0. The Morgan fingerprint density at radius 2 is 1.33 bits per heavy atom. The molecule has 0 aliphatic heterocycles. The molecular weight excluding hydrogens is 490 g/mol. The van der Waals surface area contributed by atoms with Crippen molar-refractivity contribution >= 4 is 11.9 Å². The first-order valence-electron chi connectivity index (χ1n) is 13.2. The molecule has 3 aromatic heterocycles. The quantitative estimate of drug-likeness (QED) is 0.227. The lowest BCUT2D eigenvalue weighted by Crippen LogP contribution is -2.15. The Morgan fingerprint density at radius 3 is 1.92 bits per heavy atom. The molecule has 5 aromatic rings. The molecule has 0 saturated carbocycles. The van der Waals surface area contributed by atoms with Gasteiger partial charge in [-0.1, -0.05) is 93.6 Å². The van der Waals surface area contributed by atoms with E-state index in [4.69, 9.17) is 9.40 Å². The molecule has 0 amide bonds. The van der Waals surface area contributed by atoms with Crippen LogP contribution in [0.5, 0.6) is 0 Å². The summed E-state index contributed by atoms with van der Waals surface area (Å²) < 4.78 is 7.94. The van der Waals surface area contributed by atoms with Gasteiger partial charge in [-0.2, -0.15) is 15.0 Å². The van der Waals surface area contributed by atoms with E-state index in [9.17, 15) is 0 Å². The van der Waals surface area contributed by atoms with E-state index in [1.165, 1.54) is 0 Å². The standard InChI is InChI=1S/C29H33N9O/c1-19(2)15-30-28-33-27(34-29(35-28)31-16-20(3)4)23-17-38(37-36-23)18-24-32-25(21-11-7-5-8-12-21)26(39-24)22-13-9-6-10-14-22/h5-14,17,19-20H,15-16,18H2,1-4H3,(H2,30,31,33,34,35). The highest BCUT2D eigenvalue weighted by molar-refractivity contribution is 5.76. The van der Waals surface area contributed by atoms with Gasteiger partial charge in [0.1, 0.15) is 12.2 Å². The Bertz CT molecular complexity index is 1410. The van der Waals surface area contributed by atoms with Crippen LogP contribution in [0.1, 0.15) is 33.6 Å². The molecule has 2 N–H and O–H groups in total. The normalized spacial score (nSPS) is 11.3. The minimum Gasteiger partial charge on any atom is -0.438 e. The van der Waals surface area contributed by atoms with Gasteiger partial charge < -0.3 is 15.1 Å². The molecule has 0 aliphatic rings. The second-order valence-corrected chi connectivity index (χ2v) is 10.2. The summed E-state index contributed by atoms with van der Waals surface area (Å²) >= 11 is 0. The number of hydrogen-bond acceptors (Lipinski definition) is 9. The van der Waals surface area contributed by atoms with Crippen molar-refractivity contribution in [1.82, 2.24) is 34.9 Å². The zero-order valence-corrected chi connectivity index (χ0v) is 22.7. The second-order valence-electron chi connectivity index (χ2n) is 10.2. The number of oxazole rings is 1. The van der Waals surface area contributed by atoms with E-state index < -0.39 is 0 Å². The van der Waals surface area contributed by atoms with Gasteiger partial charge in [0.25, 0.3) is 0 Å². The third-order valence-electron chi connectivity index (χ3n) is 5.79. The summed E-state index contributed by atoms with van der Waals surface area (Å²) in [5, 5.41) is 15.2. The molecule has 0 atom stereocenters. The third kappa shape index (κ3) is 6.64. The largest absolute Gasteiger partial charge is 0.438 e. The SMILES string of the molecule is CC(C)CNc1nc(NCC(C)C)nc(-c2cn(Cc3nc(-c4ccccc4)c(-c4ccccc4)o3)nn2)n1. The van der Waals surface area contributed by atoms with Crippen LogP contribution < -0.4 is 10.6 Å². The first kappa shape index (κ1) is 26.0. The minimum absolute atomic E-state index is 0.307. The lowest BCUT2D eigenvalue weighted by Gasteiger charge is -2.11. The molecule has 10 nitrogen and oxygen atoms in total. The molecule has 3 heterocycles. The summed E-state index contributed by atoms with van der Waals surface area (Å²) in [5.74, 6) is 3.58. The van der Waals surface area contributed by atoms with Gasteiger partial charge in [-0.05, 0) is 11.8 Å². The van der Waals surface area contributed by atoms with Crippen molar-refractivity contribution in [2.24, 2.45) is 11.8 Å². The zero-order chi connectivity index (χ0) is 27.2. The topological polar surface area (TPSA) is 119 Å². The van der Waals surface area contributed by atoms with Crippen molar-refractivity contribution in [2.45, 2.75) is 34.2 Å². The maximum absolute atomic E-state index is 6.26. The van der Waals surface area contributed by atoms with Crippen molar-refractivity contribution < 1.29 is 4.42 Å². The maximum Gasteiger partial charge on any atom is 0.228 e. The number of aromatic nitrogens is 7. The van der Waals surface area contributed by atoms with Gasteiger partial charge in [0.05, 0.1) is 6.20 Å². The highest BCUT2D eigenvalue weighted by Gasteiger charge is 2.18. The molecule has 0 radical (unpaired) electrons. The molecule has 200 valence electrons. The van der Waals surface area contributed by atoms with Crippen molar-refractivity contribution in [1.29, 1.82) is 0 Å². The monoisotopic (exact) mass is 523 g/mol. The van der Waals surface area contributed by atoms with Crippen LogP contribution in [0.2, 0.25) is 0 Å². The molecule has 0 spiro atoms. The Morgan fingerprint density at radius 1 is 0.744 bits per heavy atom. The van der Waals surface area contributed by atoms with Crippen LogP contribution in [-0.2, 0) is 6.54 Å². The van der Waals surface area contributed by atoms with Crippen molar-refractivity contribution in [3.63, 3.8) is 0 Å². The Kier molecular flexibility index (Phi) is 7.91. The van der Waals surface area contributed by atoms with Crippen LogP contribution in [0.3, 0.4) is 0 Å². The highest BCUT2D eigenvalue weighted by Crippen LogP contribution is 2.32. The molecule has 10 heteroatoms. The maximum atomic E-state index is 6.26. The average molecular weight is 524 g/mol. The van der Waals surface area contributed by atoms with Crippen LogP contribution in [0.25, 0.3) is 34.1 Å². The predicted molar refractivity (Wildman–Crippen MR) is 152 cm³/mol. The molecule has 0 aliphatic carbocycles. The highest BCUT2D eigenvalue weighted by atomic mass is 16.4. The van der Waals surface area contributed by atoms with Crippen molar-refractivity contribution in [3.05, 3.63) is 72.8 Å². The molecule has 2 aromatic carbocycles. The smallest absolute Gasteiger partial charge is 0.228 e. The number of benzene rings is 2. The molecule has 0 bridgehead atoms. The van der Waals surface area contributed by atoms with E-state index >= 15 is 0 Å². The fraction of sp³-hybridized carbons (Fsp3) is 0.310. The minimum atomic E-state index is 0.307. The molecule has 39 heavy (non-hydrogen) atoms. The molecule has 5 rings (SSSR count). The molecule has 0 unspecified atom stereocenters. The number of hydrogen-bond donors (Lipinski definition) is 2. The van der Waals surface area contributed by atoms with E-state index in [-0.39, 0.29) is 0 Å².